The molecular formula is C14H23N3O2. The summed E-state index contributed by atoms with van der Waals surface area (Å²) in [5.41, 5.74) is 2.05. The first-order chi connectivity index (χ1) is 9.06. The van der Waals surface area contributed by atoms with Gasteiger partial charge in [0.1, 0.15) is 0 Å². The Bertz CT molecular complexity index is 442. The Kier molecular flexibility index (Phi) is 4.58. The number of hydrogen-bond acceptors (Lipinski definition) is 3. The summed E-state index contributed by atoms with van der Waals surface area (Å²) in [4.78, 5) is 11.9. The minimum atomic E-state index is -0.383. The van der Waals surface area contributed by atoms with Gasteiger partial charge in [-0.3, -0.25) is 9.48 Å². The summed E-state index contributed by atoms with van der Waals surface area (Å²) >= 11 is 0. The summed E-state index contributed by atoms with van der Waals surface area (Å²) in [6, 6.07) is 1.93. The third-order valence-electron chi connectivity index (χ3n) is 3.73. The number of aliphatic hydroxyl groups is 1. The molecule has 0 unspecified atom stereocenters. The van der Waals surface area contributed by atoms with Crippen LogP contribution in [0.1, 0.15) is 43.5 Å². The molecule has 1 heterocycles. The van der Waals surface area contributed by atoms with Crippen LogP contribution in [0.15, 0.2) is 6.07 Å². The average molecular weight is 265 g/mol. The minimum Gasteiger partial charge on any atom is -0.391 e. The summed E-state index contributed by atoms with van der Waals surface area (Å²) in [6.45, 7) is 4.53. The molecule has 0 radical (unpaired) electrons. The number of aromatic nitrogens is 2. The van der Waals surface area contributed by atoms with Crippen LogP contribution >= 0.6 is 0 Å². The van der Waals surface area contributed by atoms with Gasteiger partial charge in [-0.25, -0.2) is 0 Å². The van der Waals surface area contributed by atoms with Crippen molar-refractivity contribution >= 4 is 5.91 Å². The van der Waals surface area contributed by atoms with Crippen molar-refractivity contribution in [3.8, 4) is 0 Å². The lowest BCUT2D eigenvalue weighted by Gasteiger charge is -2.28. The van der Waals surface area contributed by atoms with Gasteiger partial charge in [0.25, 0.3) is 0 Å². The van der Waals surface area contributed by atoms with Crippen molar-refractivity contribution in [2.75, 3.05) is 0 Å². The van der Waals surface area contributed by atoms with Crippen LogP contribution in [0.5, 0.6) is 0 Å². The molecule has 1 saturated carbocycles. The fourth-order valence-corrected chi connectivity index (χ4v) is 2.67. The highest BCUT2D eigenvalue weighted by atomic mass is 16.3. The van der Waals surface area contributed by atoms with Crippen LogP contribution < -0.4 is 5.32 Å². The third kappa shape index (κ3) is 3.80. The van der Waals surface area contributed by atoms with Crippen molar-refractivity contribution < 1.29 is 9.90 Å². The molecule has 1 aromatic rings. The van der Waals surface area contributed by atoms with Crippen molar-refractivity contribution in [2.24, 2.45) is 0 Å². The van der Waals surface area contributed by atoms with Gasteiger partial charge in [-0.05, 0) is 32.8 Å². The molecule has 1 fully saturated rings. The molecule has 2 atom stereocenters. The topological polar surface area (TPSA) is 67.2 Å². The van der Waals surface area contributed by atoms with E-state index in [1.165, 1.54) is 0 Å². The first-order valence-electron chi connectivity index (χ1n) is 7.05. The van der Waals surface area contributed by atoms with Crippen LogP contribution in [0.3, 0.4) is 0 Å². The molecule has 1 aliphatic rings. The Balaban J connectivity index is 1.79. The van der Waals surface area contributed by atoms with Crippen LogP contribution in [0.2, 0.25) is 0 Å². The van der Waals surface area contributed by atoms with Crippen LogP contribution in [0, 0.1) is 13.8 Å². The quantitative estimate of drug-likeness (QED) is 0.862. The molecule has 1 aliphatic carbocycles. The maximum Gasteiger partial charge on any atom is 0.222 e. The molecule has 2 N–H and O–H groups in total. The largest absolute Gasteiger partial charge is 0.391 e. The van der Waals surface area contributed by atoms with E-state index in [1.54, 1.807) is 0 Å². The highest BCUT2D eigenvalue weighted by Gasteiger charge is 2.24. The van der Waals surface area contributed by atoms with E-state index in [9.17, 15) is 9.90 Å². The Hall–Kier alpha value is -1.36. The smallest absolute Gasteiger partial charge is 0.222 e. The van der Waals surface area contributed by atoms with Crippen molar-refractivity contribution in [2.45, 2.75) is 64.6 Å². The van der Waals surface area contributed by atoms with Gasteiger partial charge in [0.15, 0.2) is 0 Å². The van der Waals surface area contributed by atoms with Crippen molar-refractivity contribution in [3.63, 3.8) is 0 Å². The average Bonchev–Trinajstić information content (AvgIpc) is 2.68. The first-order valence-corrected chi connectivity index (χ1v) is 7.05. The van der Waals surface area contributed by atoms with E-state index in [2.05, 4.69) is 10.4 Å². The number of carbonyl (C=O) groups is 1. The zero-order chi connectivity index (χ0) is 13.8. The standard InChI is InChI=1S/C14H23N3O2/c1-10-9-11(2)17(16-10)8-7-14(19)15-12-5-3-4-6-13(12)18/h9,12-13,18H,3-8H2,1-2H3,(H,15,19)/t12-,13-/m0/s1. The second kappa shape index (κ2) is 6.19. The number of amides is 1. The maximum atomic E-state index is 11.9. The number of carbonyl (C=O) groups excluding carboxylic acids is 1. The second-order valence-electron chi connectivity index (χ2n) is 5.43. The Labute approximate surface area is 114 Å². The maximum absolute atomic E-state index is 11.9. The molecule has 2 rings (SSSR count). The number of nitrogens with zero attached hydrogens (tertiary/aromatic N) is 2. The molecule has 0 saturated heterocycles. The first kappa shape index (κ1) is 14.1. The molecule has 0 spiro atoms. The number of nitrogens with one attached hydrogen (secondary N) is 1. The van der Waals surface area contributed by atoms with E-state index in [0.29, 0.717) is 13.0 Å². The molecule has 19 heavy (non-hydrogen) atoms. The fraction of sp³-hybridized carbons (Fsp3) is 0.714. The number of aryl methyl sites for hydroxylation is 3. The molecule has 0 aromatic carbocycles. The van der Waals surface area contributed by atoms with Gasteiger partial charge in [0.2, 0.25) is 5.91 Å². The summed E-state index contributed by atoms with van der Waals surface area (Å²) in [5.74, 6) is -0.00139. The van der Waals surface area contributed by atoms with Crippen LogP contribution in [-0.2, 0) is 11.3 Å². The second-order valence-corrected chi connectivity index (χ2v) is 5.43. The minimum absolute atomic E-state index is 0.00139. The van der Waals surface area contributed by atoms with E-state index in [-0.39, 0.29) is 18.1 Å². The normalized spacial score (nSPS) is 23.3. The fourth-order valence-electron chi connectivity index (χ4n) is 2.67. The molecular weight excluding hydrogens is 242 g/mol. The van der Waals surface area contributed by atoms with Crippen LogP contribution in [0.25, 0.3) is 0 Å². The summed E-state index contributed by atoms with van der Waals surface area (Å²) in [7, 11) is 0. The van der Waals surface area contributed by atoms with Gasteiger partial charge in [-0.1, -0.05) is 12.8 Å². The summed E-state index contributed by atoms with van der Waals surface area (Å²) in [6.07, 6.45) is 3.84. The van der Waals surface area contributed by atoms with Crippen LogP contribution in [0.4, 0.5) is 0 Å². The zero-order valence-corrected chi connectivity index (χ0v) is 11.7. The predicted octanol–water partition coefficient (Wildman–Crippen LogP) is 1.31. The van der Waals surface area contributed by atoms with Gasteiger partial charge in [-0.2, -0.15) is 5.10 Å². The van der Waals surface area contributed by atoms with Gasteiger partial charge in [0, 0.05) is 18.7 Å². The molecule has 0 aliphatic heterocycles. The molecule has 1 amide bonds. The van der Waals surface area contributed by atoms with E-state index in [4.69, 9.17) is 0 Å². The lowest BCUT2D eigenvalue weighted by molar-refractivity contribution is -0.123. The molecule has 5 heteroatoms. The lowest BCUT2D eigenvalue weighted by Crippen LogP contribution is -2.45. The predicted molar refractivity (Wildman–Crippen MR) is 72.7 cm³/mol. The van der Waals surface area contributed by atoms with Gasteiger partial charge >= 0.3 is 0 Å². The number of hydrogen-bond donors (Lipinski definition) is 2. The van der Waals surface area contributed by atoms with E-state index < -0.39 is 0 Å². The number of aliphatic hydroxyl groups excluding tert-OH is 1. The van der Waals surface area contributed by atoms with E-state index in [0.717, 1.165) is 37.1 Å². The Morgan fingerprint density at radius 3 is 2.84 bits per heavy atom. The van der Waals surface area contributed by atoms with Gasteiger partial charge < -0.3 is 10.4 Å². The monoisotopic (exact) mass is 265 g/mol. The van der Waals surface area contributed by atoms with Crippen molar-refractivity contribution in [3.05, 3.63) is 17.5 Å². The summed E-state index contributed by atoms with van der Waals surface area (Å²) < 4.78 is 1.85. The summed E-state index contributed by atoms with van der Waals surface area (Å²) in [5, 5.41) is 17.1. The Morgan fingerprint density at radius 1 is 1.47 bits per heavy atom. The highest BCUT2D eigenvalue weighted by Crippen LogP contribution is 2.18. The highest BCUT2D eigenvalue weighted by molar-refractivity contribution is 5.76. The molecule has 1 aromatic heterocycles. The number of rotatable bonds is 4. The SMILES string of the molecule is Cc1cc(C)n(CCC(=O)N[C@H]2CCCC[C@@H]2O)n1. The van der Waals surface area contributed by atoms with Crippen molar-refractivity contribution in [1.29, 1.82) is 0 Å². The Morgan fingerprint density at radius 2 is 2.21 bits per heavy atom. The zero-order valence-electron chi connectivity index (χ0n) is 11.7. The molecule has 0 bridgehead atoms. The van der Waals surface area contributed by atoms with Gasteiger partial charge in [0.05, 0.1) is 17.8 Å². The van der Waals surface area contributed by atoms with E-state index in [1.807, 2.05) is 24.6 Å². The van der Waals surface area contributed by atoms with Gasteiger partial charge in [-0.15, -0.1) is 0 Å². The molecule has 5 nitrogen and oxygen atoms in total. The van der Waals surface area contributed by atoms with Crippen molar-refractivity contribution in [1.82, 2.24) is 15.1 Å². The molecule has 106 valence electrons. The van der Waals surface area contributed by atoms with Crippen LogP contribution in [-0.4, -0.2) is 32.9 Å². The third-order valence-corrected chi connectivity index (χ3v) is 3.73. The lowest BCUT2D eigenvalue weighted by atomic mass is 9.92. The van der Waals surface area contributed by atoms with E-state index >= 15 is 0 Å².